The van der Waals surface area contributed by atoms with Crippen molar-refractivity contribution in [3.63, 3.8) is 0 Å². The third-order valence-electron chi connectivity index (χ3n) is 4.55. The molecule has 0 unspecified atom stereocenters. The van der Waals surface area contributed by atoms with Crippen molar-refractivity contribution in [2.75, 3.05) is 19.5 Å². The van der Waals surface area contributed by atoms with Crippen LogP contribution >= 0.6 is 11.3 Å². The molecular weight excluding hydrogens is 366 g/mol. The maximum atomic E-state index is 13.2. The molecule has 4 rings (SSSR count). The maximum absolute atomic E-state index is 13.2. The molecule has 27 heavy (non-hydrogen) atoms. The van der Waals surface area contributed by atoms with Crippen LogP contribution in [0.4, 0.5) is 5.69 Å². The lowest BCUT2D eigenvalue weighted by Crippen LogP contribution is -2.17. The lowest BCUT2D eigenvalue weighted by molar-refractivity contribution is 0.102. The number of nitrogens with zero attached hydrogens (tertiary/aromatic N) is 4. The highest BCUT2D eigenvalue weighted by Crippen LogP contribution is 2.37. The van der Waals surface area contributed by atoms with Crippen LogP contribution in [0.3, 0.4) is 0 Å². The molecule has 3 aromatic rings. The summed E-state index contributed by atoms with van der Waals surface area (Å²) in [7, 11) is 3.15. The van der Waals surface area contributed by atoms with Crippen LogP contribution in [-0.4, -0.2) is 40.3 Å². The molecule has 140 valence electrons. The standard InChI is InChI=1S/C18H19N5O3S/c1-25-12-7-11(8-13(9-12)26-2)20-17(24)16-14-5-3-4-6-15(14)27-18(16)23-10-19-21-22-23/h7-10H,3-6H2,1-2H3,(H,20,24). The van der Waals surface area contributed by atoms with Gasteiger partial charge in [-0.3, -0.25) is 4.79 Å². The van der Waals surface area contributed by atoms with E-state index >= 15 is 0 Å². The second kappa shape index (κ2) is 7.36. The second-order valence-corrected chi connectivity index (χ2v) is 7.28. The quantitative estimate of drug-likeness (QED) is 0.726. The topological polar surface area (TPSA) is 91.2 Å². The number of ether oxygens (including phenoxy) is 2. The Bertz CT molecular complexity index is 946. The molecule has 1 aliphatic rings. The Labute approximate surface area is 160 Å². The number of hydrogen-bond donors (Lipinski definition) is 1. The summed E-state index contributed by atoms with van der Waals surface area (Å²) in [5, 5.41) is 15.1. The number of methoxy groups -OCH3 is 2. The molecule has 0 saturated heterocycles. The predicted molar refractivity (Wildman–Crippen MR) is 101 cm³/mol. The molecule has 1 aliphatic carbocycles. The van der Waals surface area contributed by atoms with Crippen molar-refractivity contribution in [3.05, 3.63) is 40.5 Å². The van der Waals surface area contributed by atoms with Gasteiger partial charge in [0.25, 0.3) is 5.91 Å². The summed E-state index contributed by atoms with van der Waals surface area (Å²) in [6.07, 6.45) is 5.60. The first-order valence-electron chi connectivity index (χ1n) is 8.62. The Morgan fingerprint density at radius 2 is 1.89 bits per heavy atom. The largest absolute Gasteiger partial charge is 0.497 e. The van der Waals surface area contributed by atoms with Crippen LogP contribution in [0.15, 0.2) is 24.5 Å². The summed E-state index contributed by atoms with van der Waals surface area (Å²) in [4.78, 5) is 14.4. The van der Waals surface area contributed by atoms with Crippen LogP contribution in [0, 0.1) is 0 Å². The average Bonchev–Trinajstić information content (AvgIpc) is 3.34. The number of anilines is 1. The van der Waals surface area contributed by atoms with E-state index in [4.69, 9.17) is 9.47 Å². The molecule has 0 bridgehead atoms. The SMILES string of the molecule is COc1cc(NC(=O)c2c(-n3cnnn3)sc3c2CCCC3)cc(OC)c1. The van der Waals surface area contributed by atoms with Gasteiger partial charge in [0, 0.05) is 28.8 Å². The number of carbonyl (C=O) groups excluding carboxylic acids is 1. The molecule has 0 saturated carbocycles. The number of aromatic nitrogens is 4. The molecule has 0 radical (unpaired) electrons. The Kier molecular flexibility index (Phi) is 4.76. The van der Waals surface area contributed by atoms with Crippen LogP contribution in [0.25, 0.3) is 5.00 Å². The number of carbonyl (C=O) groups is 1. The number of thiophene rings is 1. The summed E-state index contributed by atoms with van der Waals surface area (Å²) < 4.78 is 12.1. The normalized spacial score (nSPS) is 13.1. The van der Waals surface area contributed by atoms with Gasteiger partial charge in [0.2, 0.25) is 0 Å². The van der Waals surface area contributed by atoms with Crippen molar-refractivity contribution in [3.8, 4) is 16.5 Å². The van der Waals surface area contributed by atoms with Gasteiger partial charge < -0.3 is 14.8 Å². The maximum Gasteiger partial charge on any atom is 0.259 e. The van der Waals surface area contributed by atoms with Crippen LogP contribution in [0.1, 0.15) is 33.6 Å². The van der Waals surface area contributed by atoms with Gasteiger partial charge in [0.15, 0.2) is 0 Å². The van der Waals surface area contributed by atoms with E-state index in [0.29, 0.717) is 22.7 Å². The minimum atomic E-state index is -0.185. The fraction of sp³-hybridized carbons (Fsp3) is 0.333. The van der Waals surface area contributed by atoms with Crippen LogP contribution in [0.5, 0.6) is 11.5 Å². The Morgan fingerprint density at radius 3 is 2.56 bits per heavy atom. The zero-order valence-corrected chi connectivity index (χ0v) is 15.9. The van der Waals surface area contributed by atoms with Crippen LogP contribution in [0.2, 0.25) is 0 Å². The van der Waals surface area contributed by atoms with Crippen molar-refractivity contribution < 1.29 is 14.3 Å². The fourth-order valence-corrected chi connectivity index (χ4v) is 4.58. The number of nitrogens with one attached hydrogen (secondary N) is 1. The van der Waals surface area contributed by atoms with Crippen LogP contribution in [-0.2, 0) is 12.8 Å². The third-order valence-corrected chi connectivity index (χ3v) is 5.83. The predicted octanol–water partition coefficient (Wildman–Crippen LogP) is 2.87. The van der Waals surface area contributed by atoms with Gasteiger partial charge >= 0.3 is 0 Å². The molecule has 0 atom stereocenters. The van der Waals surface area contributed by atoms with Gasteiger partial charge in [0.1, 0.15) is 22.8 Å². The zero-order valence-electron chi connectivity index (χ0n) is 15.1. The number of hydrogen-bond acceptors (Lipinski definition) is 7. The van der Waals surface area contributed by atoms with Crippen molar-refractivity contribution in [1.29, 1.82) is 0 Å². The average molecular weight is 385 g/mol. The second-order valence-electron chi connectivity index (χ2n) is 6.20. The van der Waals surface area contributed by atoms with Gasteiger partial charge in [-0.2, -0.15) is 4.68 Å². The lowest BCUT2D eigenvalue weighted by atomic mass is 9.95. The van der Waals surface area contributed by atoms with E-state index in [2.05, 4.69) is 20.8 Å². The number of tetrazole rings is 1. The molecule has 2 aromatic heterocycles. The first kappa shape index (κ1) is 17.5. The fourth-order valence-electron chi connectivity index (χ4n) is 3.27. The highest BCUT2D eigenvalue weighted by Gasteiger charge is 2.27. The molecule has 0 spiro atoms. The highest BCUT2D eigenvalue weighted by molar-refractivity contribution is 7.15. The lowest BCUT2D eigenvalue weighted by Gasteiger charge is -2.14. The molecule has 8 nitrogen and oxygen atoms in total. The Balaban J connectivity index is 1.73. The van der Waals surface area contributed by atoms with Crippen molar-refractivity contribution in [1.82, 2.24) is 20.2 Å². The minimum Gasteiger partial charge on any atom is -0.497 e. The molecule has 9 heteroatoms. The summed E-state index contributed by atoms with van der Waals surface area (Å²) in [5.41, 5.74) is 2.35. The summed E-state index contributed by atoms with van der Waals surface area (Å²) in [6.45, 7) is 0. The molecule has 1 aromatic carbocycles. The van der Waals surface area contributed by atoms with E-state index in [1.54, 1.807) is 48.4 Å². The van der Waals surface area contributed by atoms with E-state index in [1.807, 2.05) is 0 Å². The Hall–Kier alpha value is -2.94. The smallest absolute Gasteiger partial charge is 0.259 e. The summed E-state index contributed by atoms with van der Waals surface area (Å²) in [6, 6.07) is 5.28. The monoisotopic (exact) mass is 385 g/mol. The van der Waals surface area contributed by atoms with E-state index in [9.17, 15) is 4.79 Å². The van der Waals surface area contributed by atoms with E-state index in [0.717, 1.165) is 36.2 Å². The van der Waals surface area contributed by atoms with Gasteiger partial charge in [-0.25, -0.2) is 0 Å². The van der Waals surface area contributed by atoms with E-state index < -0.39 is 0 Å². The third kappa shape index (κ3) is 3.37. The molecule has 0 fully saturated rings. The number of benzene rings is 1. The van der Waals surface area contributed by atoms with Crippen molar-refractivity contribution in [2.45, 2.75) is 25.7 Å². The highest BCUT2D eigenvalue weighted by atomic mass is 32.1. The van der Waals surface area contributed by atoms with Crippen molar-refractivity contribution in [2.24, 2.45) is 0 Å². The summed E-state index contributed by atoms with van der Waals surface area (Å²) >= 11 is 1.58. The molecular formula is C18H19N5O3S. The van der Waals surface area contributed by atoms with E-state index in [1.165, 1.54) is 11.2 Å². The molecule has 1 amide bonds. The van der Waals surface area contributed by atoms with Crippen LogP contribution < -0.4 is 14.8 Å². The first-order chi connectivity index (χ1) is 13.2. The van der Waals surface area contributed by atoms with E-state index in [-0.39, 0.29) is 5.91 Å². The molecule has 0 aliphatic heterocycles. The zero-order chi connectivity index (χ0) is 18.8. The number of fused-ring (bicyclic) bond motifs is 1. The number of amides is 1. The van der Waals surface area contributed by atoms with Gasteiger partial charge in [-0.1, -0.05) is 0 Å². The Morgan fingerprint density at radius 1 is 1.15 bits per heavy atom. The summed E-state index contributed by atoms with van der Waals surface area (Å²) in [5.74, 6) is 1.03. The first-order valence-corrected chi connectivity index (χ1v) is 9.43. The van der Waals surface area contributed by atoms with Gasteiger partial charge in [-0.15, -0.1) is 16.4 Å². The molecule has 2 heterocycles. The number of aryl methyl sites for hydroxylation is 1. The van der Waals surface area contributed by atoms with Gasteiger partial charge in [0.05, 0.1) is 19.8 Å². The minimum absolute atomic E-state index is 0.185. The molecule has 1 N–H and O–H groups in total. The number of rotatable bonds is 5. The van der Waals surface area contributed by atoms with Gasteiger partial charge in [-0.05, 0) is 41.7 Å². The van der Waals surface area contributed by atoms with Crippen molar-refractivity contribution >= 4 is 22.9 Å².